The smallest absolute Gasteiger partial charge is 0.259 e. The van der Waals surface area contributed by atoms with E-state index in [1.165, 1.54) is 12.0 Å². The minimum atomic E-state index is -0.251. The Morgan fingerprint density at radius 1 is 1.07 bits per heavy atom. The highest BCUT2D eigenvalue weighted by Gasteiger charge is 2.30. The van der Waals surface area contributed by atoms with Crippen molar-refractivity contribution in [2.24, 2.45) is 0 Å². The van der Waals surface area contributed by atoms with Crippen LogP contribution in [0.2, 0.25) is 0 Å². The second-order valence-electron chi connectivity index (χ2n) is 8.25. The summed E-state index contributed by atoms with van der Waals surface area (Å²) in [4.78, 5) is 20.2. The van der Waals surface area contributed by atoms with Gasteiger partial charge in [0.2, 0.25) is 0 Å². The first-order valence-electron chi connectivity index (χ1n) is 10.7. The van der Waals surface area contributed by atoms with Gasteiger partial charge in [-0.05, 0) is 63.0 Å². The first-order chi connectivity index (χ1) is 14.5. The Labute approximate surface area is 177 Å². The van der Waals surface area contributed by atoms with Crippen molar-refractivity contribution in [2.45, 2.75) is 45.7 Å². The van der Waals surface area contributed by atoms with Crippen molar-refractivity contribution in [3.63, 3.8) is 0 Å². The summed E-state index contributed by atoms with van der Waals surface area (Å²) in [5.74, 6) is 0.0797. The van der Waals surface area contributed by atoms with E-state index in [9.17, 15) is 9.90 Å². The van der Waals surface area contributed by atoms with Crippen LogP contribution in [-0.2, 0) is 6.54 Å². The van der Waals surface area contributed by atoms with Crippen molar-refractivity contribution in [2.75, 3.05) is 13.1 Å². The van der Waals surface area contributed by atoms with E-state index in [-0.39, 0.29) is 17.4 Å². The molecule has 0 amide bonds. The zero-order valence-electron chi connectivity index (χ0n) is 17.7. The maximum absolute atomic E-state index is 13.7. The van der Waals surface area contributed by atoms with E-state index in [0.717, 1.165) is 42.8 Å². The maximum Gasteiger partial charge on any atom is 0.259 e. The van der Waals surface area contributed by atoms with Crippen LogP contribution in [0.25, 0.3) is 0 Å². The summed E-state index contributed by atoms with van der Waals surface area (Å²) in [5, 5.41) is 10.9. The number of likely N-dealkylation sites (tertiary alicyclic amines) is 1. The Morgan fingerprint density at radius 2 is 1.80 bits per heavy atom. The molecule has 30 heavy (non-hydrogen) atoms. The molecule has 1 atom stereocenters. The largest absolute Gasteiger partial charge is 0.507 e. The predicted molar refractivity (Wildman–Crippen MR) is 119 cm³/mol. The second kappa shape index (κ2) is 8.84. The van der Waals surface area contributed by atoms with E-state index in [2.05, 4.69) is 41.1 Å². The molecule has 1 fully saturated rings. The third kappa shape index (κ3) is 4.17. The molecule has 2 aromatic heterocycles. The Morgan fingerprint density at radius 3 is 2.47 bits per heavy atom. The van der Waals surface area contributed by atoms with Gasteiger partial charge in [0, 0.05) is 18.1 Å². The lowest BCUT2D eigenvalue weighted by Crippen LogP contribution is -2.38. The number of pyridine rings is 2. The van der Waals surface area contributed by atoms with Gasteiger partial charge in [0.1, 0.15) is 5.75 Å². The molecule has 1 aromatic carbocycles. The van der Waals surface area contributed by atoms with Gasteiger partial charge in [-0.25, -0.2) is 0 Å². The van der Waals surface area contributed by atoms with Crippen molar-refractivity contribution >= 4 is 0 Å². The number of hydrogen-bond acceptors (Lipinski definition) is 4. The summed E-state index contributed by atoms with van der Waals surface area (Å²) in [6.45, 7) is 6.21. The van der Waals surface area contributed by atoms with Gasteiger partial charge < -0.3 is 9.67 Å². The molecule has 5 heteroatoms. The number of aryl methyl sites for hydroxylation is 2. The maximum atomic E-state index is 13.7. The second-order valence-corrected chi connectivity index (χ2v) is 8.25. The normalized spacial score (nSPS) is 15.8. The molecule has 3 aromatic rings. The monoisotopic (exact) mass is 403 g/mol. The predicted octanol–water partition coefficient (Wildman–Crippen LogP) is 4.19. The fourth-order valence-corrected chi connectivity index (χ4v) is 4.38. The van der Waals surface area contributed by atoms with Crippen LogP contribution >= 0.6 is 0 Å². The molecular weight excluding hydrogens is 374 g/mol. The molecule has 1 saturated heterocycles. The van der Waals surface area contributed by atoms with E-state index in [4.69, 9.17) is 0 Å². The van der Waals surface area contributed by atoms with Gasteiger partial charge in [-0.3, -0.25) is 14.7 Å². The Kier molecular flexibility index (Phi) is 6.00. The molecule has 1 aliphatic heterocycles. The molecule has 1 aliphatic rings. The zero-order chi connectivity index (χ0) is 21.1. The fourth-order valence-electron chi connectivity index (χ4n) is 4.38. The highest BCUT2D eigenvalue weighted by molar-refractivity contribution is 5.42. The van der Waals surface area contributed by atoms with E-state index in [0.29, 0.717) is 12.1 Å². The van der Waals surface area contributed by atoms with E-state index >= 15 is 0 Å². The van der Waals surface area contributed by atoms with Crippen molar-refractivity contribution in [3.05, 3.63) is 93.2 Å². The molecule has 0 saturated carbocycles. The molecule has 0 aliphatic carbocycles. The van der Waals surface area contributed by atoms with Crippen LogP contribution in [0.3, 0.4) is 0 Å². The quantitative estimate of drug-likeness (QED) is 0.694. The van der Waals surface area contributed by atoms with E-state index in [1.807, 2.05) is 19.1 Å². The van der Waals surface area contributed by atoms with Crippen LogP contribution < -0.4 is 5.56 Å². The number of aromatic hydroxyl groups is 1. The first kappa shape index (κ1) is 20.4. The molecule has 4 rings (SSSR count). The molecule has 0 spiro atoms. The summed E-state index contributed by atoms with van der Waals surface area (Å²) >= 11 is 0. The number of benzene rings is 1. The lowest BCUT2D eigenvalue weighted by molar-refractivity contribution is 0.183. The minimum Gasteiger partial charge on any atom is -0.507 e. The Bertz CT molecular complexity index is 1050. The van der Waals surface area contributed by atoms with Gasteiger partial charge in [0.15, 0.2) is 0 Å². The Hall–Kier alpha value is -2.92. The third-order valence-corrected chi connectivity index (χ3v) is 6.01. The highest BCUT2D eigenvalue weighted by atomic mass is 16.3. The summed E-state index contributed by atoms with van der Waals surface area (Å²) < 4.78 is 1.75. The molecule has 0 bridgehead atoms. The average Bonchev–Trinajstić information content (AvgIpc) is 2.76. The summed E-state index contributed by atoms with van der Waals surface area (Å²) in [5.41, 5.74) is 4.27. The lowest BCUT2D eigenvalue weighted by atomic mass is 9.94. The summed E-state index contributed by atoms with van der Waals surface area (Å²) in [6, 6.07) is 13.6. The van der Waals surface area contributed by atoms with Crippen LogP contribution in [0.4, 0.5) is 0 Å². The number of hydrogen-bond donors (Lipinski definition) is 1. The van der Waals surface area contributed by atoms with Crippen molar-refractivity contribution in [1.29, 1.82) is 0 Å². The van der Waals surface area contributed by atoms with Crippen molar-refractivity contribution in [1.82, 2.24) is 14.5 Å². The van der Waals surface area contributed by atoms with E-state index < -0.39 is 0 Å². The van der Waals surface area contributed by atoms with Crippen LogP contribution in [-0.4, -0.2) is 32.6 Å². The number of piperidine rings is 1. The molecule has 3 heterocycles. The summed E-state index contributed by atoms with van der Waals surface area (Å²) in [6.07, 6.45) is 6.94. The van der Waals surface area contributed by atoms with Crippen LogP contribution in [0.15, 0.2) is 59.7 Å². The van der Waals surface area contributed by atoms with Gasteiger partial charge in [-0.2, -0.15) is 0 Å². The summed E-state index contributed by atoms with van der Waals surface area (Å²) in [7, 11) is 0. The standard InChI is InChI=1S/C25H29N3O2/c1-18-8-10-21(11-9-18)24(27-13-4-3-5-14-27)23-22(29)15-19(2)28(25(23)30)17-20-7-6-12-26-16-20/h6-12,15-16,24,29H,3-5,13-14,17H2,1-2H3. The number of nitrogens with zero attached hydrogens (tertiary/aromatic N) is 3. The molecular formula is C25H29N3O2. The van der Waals surface area contributed by atoms with Crippen molar-refractivity contribution < 1.29 is 5.11 Å². The van der Waals surface area contributed by atoms with Crippen LogP contribution in [0.1, 0.15) is 53.3 Å². The topological polar surface area (TPSA) is 58.4 Å². The molecule has 1 unspecified atom stereocenters. The molecule has 156 valence electrons. The van der Waals surface area contributed by atoms with E-state index in [1.54, 1.807) is 23.0 Å². The lowest BCUT2D eigenvalue weighted by Gasteiger charge is -2.35. The van der Waals surface area contributed by atoms with Crippen LogP contribution in [0.5, 0.6) is 5.75 Å². The van der Waals surface area contributed by atoms with Gasteiger partial charge in [-0.15, -0.1) is 0 Å². The van der Waals surface area contributed by atoms with Gasteiger partial charge >= 0.3 is 0 Å². The SMILES string of the molecule is Cc1ccc(C(c2c(O)cc(C)n(Cc3cccnc3)c2=O)N2CCCCC2)cc1. The Balaban J connectivity index is 1.84. The van der Waals surface area contributed by atoms with Gasteiger partial charge in [0.25, 0.3) is 5.56 Å². The molecule has 0 radical (unpaired) electrons. The van der Waals surface area contributed by atoms with Gasteiger partial charge in [0.05, 0.1) is 18.2 Å². The van der Waals surface area contributed by atoms with Gasteiger partial charge in [-0.1, -0.05) is 42.3 Å². The van der Waals surface area contributed by atoms with Crippen LogP contribution in [0, 0.1) is 13.8 Å². The average molecular weight is 404 g/mol. The molecule has 1 N–H and O–H groups in total. The zero-order valence-corrected chi connectivity index (χ0v) is 17.7. The first-order valence-corrected chi connectivity index (χ1v) is 10.7. The number of aromatic nitrogens is 2. The highest BCUT2D eigenvalue weighted by Crippen LogP contribution is 2.34. The fraction of sp³-hybridized carbons (Fsp3) is 0.360. The molecule has 5 nitrogen and oxygen atoms in total. The number of rotatable bonds is 5. The minimum absolute atomic E-state index is 0.0797. The van der Waals surface area contributed by atoms with Crippen molar-refractivity contribution in [3.8, 4) is 5.75 Å². The third-order valence-electron chi connectivity index (χ3n) is 6.01.